The summed E-state index contributed by atoms with van der Waals surface area (Å²) in [6.07, 6.45) is 3.01. The first-order chi connectivity index (χ1) is 12.0. The molecule has 2 N–H and O–H groups in total. The fourth-order valence-electron chi connectivity index (χ4n) is 2.73. The molecular formula is C18H22N4O3. The van der Waals surface area contributed by atoms with Gasteiger partial charge < -0.3 is 19.9 Å². The molecule has 25 heavy (non-hydrogen) atoms. The van der Waals surface area contributed by atoms with E-state index >= 15 is 0 Å². The lowest BCUT2D eigenvalue weighted by molar-refractivity contribution is -0.122. The Morgan fingerprint density at radius 3 is 3.00 bits per heavy atom. The molecule has 3 rings (SSSR count). The second kappa shape index (κ2) is 6.96. The lowest BCUT2D eigenvalue weighted by Gasteiger charge is -2.25. The zero-order valence-electron chi connectivity index (χ0n) is 14.6. The van der Waals surface area contributed by atoms with Crippen molar-refractivity contribution in [2.24, 2.45) is 5.92 Å². The molecule has 0 fully saturated rings. The number of amides is 2. The summed E-state index contributed by atoms with van der Waals surface area (Å²) < 4.78 is 7.65. The minimum absolute atomic E-state index is 0.222. The van der Waals surface area contributed by atoms with E-state index in [-0.39, 0.29) is 11.8 Å². The first kappa shape index (κ1) is 17.0. The predicted molar refractivity (Wildman–Crippen MR) is 93.4 cm³/mol. The van der Waals surface area contributed by atoms with Gasteiger partial charge in [-0.15, -0.1) is 0 Å². The zero-order valence-corrected chi connectivity index (χ0v) is 14.6. The molecule has 0 bridgehead atoms. The van der Waals surface area contributed by atoms with Gasteiger partial charge in [-0.3, -0.25) is 9.59 Å². The number of nitrogens with one attached hydrogen (secondary N) is 2. The van der Waals surface area contributed by atoms with Gasteiger partial charge in [-0.05, 0) is 25.0 Å². The molecule has 7 nitrogen and oxygen atoms in total. The number of benzene rings is 1. The number of aromatic nitrogens is 2. The Kier molecular flexibility index (Phi) is 4.74. The molecule has 0 aliphatic carbocycles. The van der Waals surface area contributed by atoms with Crippen LogP contribution in [0.15, 0.2) is 30.6 Å². The fourth-order valence-corrected chi connectivity index (χ4v) is 2.73. The average molecular weight is 342 g/mol. The average Bonchev–Trinajstić information content (AvgIpc) is 2.99. The van der Waals surface area contributed by atoms with Crippen LogP contribution in [0, 0.1) is 5.92 Å². The van der Waals surface area contributed by atoms with Crippen LogP contribution in [0.4, 0.5) is 5.69 Å². The summed E-state index contributed by atoms with van der Waals surface area (Å²) in [7, 11) is 0. The summed E-state index contributed by atoms with van der Waals surface area (Å²) in [5.41, 5.74) is 0.906. The Balaban J connectivity index is 1.74. The molecule has 132 valence electrons. The van der Waals surface area contributed by atoms with Crippen LogP contribution in [-0.2, 0) is 17.9 Å². The number of imidazole rings is 1. The van der Waals surface area contributed by atoms with E-state index in [1.165, 1.54) is 0 Å². The van der Waals surface area contributed by atoms with E-state index in [4.69, 9.17) is 4.74 Å². The van der Waals surface area contributed by atoms with Crippen LogP contribution in [0.5, 0.6) is 5.75 Å². The first-order valence-corrected chi connectivity index (χ1v) is 8.34. The molecule has 0 spiro atoms. The van der Waals surface area contributed by atoms with E-state index in [1.54, 1.807) is 31.3 Å². The van der Waals surface area contributed by atoms with Gasteiger partial charge in [0.05, 0.1) is 17.8 Å². The summed E-state index contributed by atoms with van der Waals surface area (Å²) in [5, 5.41) is 5.62. The van der Waals surface area contributed by atoms with Crippen molar-refractivity contribution in [1.82, 2.24) is 14.9 Å². The number of hydrogen-bond acceptors (Lipinski definition) is 4. The summed E-state index contributed by atoms with van der Waals surface area (Å²) in [4.78, 5) is 28.6. The van der Waals surface area contributed by atoms with Gasteiger partial charge in [-0.1, -0.05) is 19.9 Å². The Morgan fingerprint density at radius 2 is 2.24 bits per heavy atom. The Labute approximate surface area is 146 Å². The van der Waals surface area contributed by atoms with Crippen molar-refractivity contribution >= 4 is 17.5 Å². The van der Waals surface area contributed by atoms with Crippen molar-refractivity contribution in [3.8, 4) is 5.75 Å². The Morgan fingerprint density at radius 1 is 1.44 bits per heavy atom. The standard InChI is InChI=1S/C18H22N4O3/c1-11(2)10-22-8-7-19-15(22)9-20-18(24)13-5-4-6-14-16(13)25-12(3)17(23)21-14/h4-8,11-12H,9-10H2,1-3H3,(H,20,24)(H,21,23)/t12-/m0/s1. The molecule has 2 heterocycles. The summed E-state index contributed by atoms with van der Waals surface area (Å²) in [6.45, 7) is 7.08. The molecule has 7 heteroatoms. The highest BCUT2D eigenvalue weighted by Gasteiger charge is 2.27. The van der Waals surface area contributed by atoms with Crippen molar-refractivity contribution in [3.05, 3.63) is 42.0 Å². The molecule has 2 aromatic rings. The molecule has 0 unspecified atom stereocenters. The van der Waals surface area contributed by atoms with Crippen molar-refractivity contribution < 1.29 is 14.3 Å². The highest BCUT2D eigenvalue weighted by molar-refractivity contribution is 6.03. The number of carbonyl (C=O) groups is 2. The van der Waals surface area contributed by atoms with Crippen molar-refractivity contribution in [3.63, 3.8) is 0 Å². The van der Waals surface area contributed by atoms with Gasteiger partial charge in [0.2, 0.25) is 0 Å². The molecule has 1 aliphatic heterocycles. The SMILES string of the molecule is CC(C)Cn1ccnc1CNC(=O)c1cccc2c1O[C@@H](C)C(=O)N2. The largest absolute Gasteiger partial charge is 0.478 e. The number of hydrogen-bond donors (Lipinski definition) is 2. The van der Waals surface area contributed by atoms with Gasteiger partial charge in [-0.25, -0.2) is 4.98 Å². The van der Waals surface area contributed by atoms with Crippen LogP contribution in [0.1, 0.15) is 37.0 Å². The molecule has 1 aromatic heterocycles. The van der Waals surface area contributed by atoms with E-state index in [0.29, 0.717) is 29.5 Å². The molecule has 1 aliphatic rings. The Hall–Kier alpha value is -2.83. The normalized spacial score (nSPS) is 16.2. The third-order valence-electron chi connectivity index (χ3n) is 3.95. The minimum atomic E-state index is -0.633. The van der Waals surface area contributed by atoms with E-state index in [2.05, 4.69) is 29.5 Å². The number of fused-ring (bicyclic) bond motifs is 1. The van der Waals surface area contributed by atoms with Crippen LogP contribution < -0.4 is 15.4 Å². The molecule has 1 aromatic carbocycles. The zero-order chi connectivity index (χ0) is 18.0. The lowest BCUT2D eigenvalue weighted by Crippen LogP contribution is -2.36. The molecule has 2 amide bonds. The van der Waals surface area contributed by atoms with Gasteiger partial charge in [0, 0.05) is 18.9 Å². The highest BCUT2D eigenvalue weighted by atomic mass is 16.5. The van der Waals surface area contributed by atoms with E-state index in [1.807, 2.05) is 10.8 Å². The second-order valence-electron chi connectivity index (χ2n) is 6.50. The monoisotopic (exact) mass is 342 g/mol. The lowest BCUT2D eigenvalue weighted by atomic mass is 10.1. The van der Waals surface area contributed by atoms with Crippen LogP contribution in [0.2, 0.25) is 0 Å². The minimum Gasteiger partial charge on any atom is -0.478 e. The van der Waals surface area contributed by atoms with E-state index < -0.39 is 6.10 Å². The number of anilines is 1. The summed E-state index contributed by atoms with van der Waals surface area (Å²) in [6, 6.07) is 5.11. The second-order valence-corrected chi connectivity index (χ2v) is 6.50. The predicted octanol–water partition coefficient (Wildman–Crippen LogP) is 2.19. The number of rotatable bonds is 5. The number of para-hydroxylation sites is 1. The number of nitrogens with zero attached hydrogens (tertiary/aromatic N) is 2. The van der Waals surface area contributed by atoms with Crippen molar-refractivity contribution in [1.29, 1.82) is 0 Å². The molecule has 0 saturated carbocycles. The molecule has 0 saturated heterocycles. The van der Waals surface area contributed by atoms with E-state index in [0.717, 1.165) is 12.4 Å². The quantitative estimate of drug-likeness (QED) is 0.872. The number of ether oxygens (including phenoxy) is 1. The topological polar surface area (TPSA) is 85.2 Å². The van der Waals surface area contributed by atoms with Crippen LogP contribution in [0.3, 0.4) is 0 Å². The number of carbonyl (C=O) groups excluding carboxylic acids is 2. The van der Waals surface area contributed by atoms with Crippen molar-refractivity contribution in [2.75, 3.05) is 5.32 Å². The molecular weight excluding hydrogens is 320 g/mol. The first-order valence-electron chi connectivity index (χ1n) is 8.34. The third-order valence-corrected chi connectivity index (χ3v) is 3.95. The maximum absolute atomic E-state index is 12.6. The fraction of sp³-hybridized carbons (Fsp3) is 0.389. The van der Waals surface area contributed by atoms with Crippen molar-refractivity contribution in [2.45, 2.75) is 40.0 Å². The summed E-state index contributed by atoms with van der Waals surface area (Å²) in [5.74, 6) is 1.20. The molecule has 1 atom stereocenters. The maximum atomic E-state index is 12.6. The molecule has 0 radical (unpaired) electrons. The van der Waals surface area contributed by atoms with Gasteiger partial charge in [0.25, 0.3) is 11.8 Å². The summed E-state index contributed by atoms with van der Waals surface area (Å²) >= 11 is 0. The van der Waals surface area contributed by atoms with Gasteiger partial charge in [-0.2, -0.15) is 0 Å². The van der Waals surface area contributed by atoms with Crippen LogP contribution in [-0.4, -0.2) is 27.5 Å². The van der Waals surface area contributed by atoms with Gasteiger partial charge in [0.15, 0.2) is 11.9 Å². The van der Waals surface area contributed by atoms with Gasteiger partial charge in [0.1, 0.15) is 5.82 Å². The van der Waals surface area contributed by atoms with Crippen LogP contribution >= 0.6 is 0 Å². The van der Waals surface area contributed by atoms with Crippen LogP contribution in [0.25, 0.3) is 0 Å². The third kappa shape index (κ3) is 3.65. The van der Waals surface area contributed by atoms with Gasteiger partial charge >= 0.3 is 0 Å². The maximum Gasteiger partial charge on any atom is 0.265 e. The van der Waals surface area contributed by atoms with E-state index in [9.17, 15) is 9.59 Å². The smallest absolute Gasteiger partial charge is 0.265 e. The Bertz CT molecular complexity index is 797. The highest BCUT2D eigenvalue weighted by Crippen LogP contribution is 2.33.